The van der Waals surface area contributed by atoms with Gasteiger partial charge in [-0.1, -0.05) is 12.1 Å². The maximum atomic E-state index is 13.4. The van der Waals surface area contributed by atoms with Gasteiger partial charge in [-0.3, -0.25) is 9.59 Å². The van der Waals surface area contributed by atoms with Gasteiger partial charge in [0.15, 0.2) is 0 Å². The fourth-order valence-electron chi connectivity index (χ4n) is 3.75. The first kappa shape index (κ1) is 19.4. The zero-order chi connectivity index (χ0) is 18.6. The summed E-state index contributed by atoms with van der Waals surface area (Å²) in [6.07, 6.45) is 0. The topological polar surface area (TPSA) is 64.6 Å². The van der Waals surface area contributed by atoms with Crippen LogP contribution < -0.4 is 5.32 Å². The van der Waals surface area contributed by atoms with Crippen LogP contribution in [0.1, 0.15) is 39.2 Å². The molecule has 1 aromatic rings. The first-order valence-electron chi connectivity index (χ1n) is 8.75. The minimum absolute atomic E-state index is 0.185. The molecule has 1 fully saturated rings. The molecule has 0 aliphatic carbocycles. The van der Waals surface area contributed by atoms with E-state index in [9.17, 15) is 14.0 Å². The molecule has 0 amide bonds. The van der Waals surface area contributed by atoms with Crippen LogP contribution in [0.4, 0.5) is 4.39 Å². The molecule has 25 heavy (non-hydrogen) atoms. The van der Waals surface area contributed by atoms with Gasteiger partial charge in [-0.05, 0) is 45.4 Å². The van der Waals surface area contributed by atoms with Crippen molar-refractivity contribution in [1.82, 2.24) is 5.32 Å². The van der Waals surface area contributed by atoms with Crippen LogP contribution in [0.25, 0.3) is 0 Å². The number of carbonyl (C=O) groups excluding carboxylic acids is 2. The highest BCUT2D eigenvalue weighted by Gasteiger charge is 2.49. The van der Waals surface area contributed by atoms with E-state index in [4.69, 9.17) is 9.47 Å². The number of benzene rings is 1. The molecular weight excluding hydrogens is 325 g/mol. The molecule has 0 aromatic heterocycles. The van der Waals surface area contributed by atoms with Crippen molar-refractivity contribution in [3.05, 3.63) is 35.6 Å². The number of piperidine rings is 1. The van der Waals surface area contributed by atoms with Gasteiger partial charge in [-0.2, -0.15) is 0 Å². The lowest BCUT2D eigenvalue weighted by atomic mass is 9.68. The van der Waals surface area contributed by atoms with E-state index in [0.29, 0.717) is 0 Å². The Morgan fingerprint density at radius 2 is 1.40 bits per heavy atom. The van der Waals surface area contributed by atoms with Crippen molar-refractivity contribution >= 4 is 11.9 Å². The first-order valence-corrected chi connectivity index (χ1v) is 8.75. The quantitative estimate of drug-likeness (QED) is 0.826. The summed E-state index contributed by atoms with van der Waals surface area (Å²) in [5.41, 5.74) is 0.734. The predicted molar refractivity (Wildman–Crippen MR) is 91.4 cm³/mol. The fourth-order valence-corrected chi connectivity index (χ4v) is 3.75. The molecule has 138 valence electrons. The lowest BCUT2D eigenvalue weighted by Gasteiger charge is -2.44. The Balaban J connectivity index is 2.49. The van der Waals surface area contributed by atoms with Crippen molar-refractivity contribution < 1.29 is 23.5 Å². The van der Waals surface area contributed by atoms with Crippen LogP contribution in [0.2, 0.25) is 0 Å². The molecule has 2 rings (SSSR count). The second-order valence-corrected chi connectivity index (χ2v) is 6.38. The van der Waals surface area contributed by atoms with Crippen LogP contribution in [0.5, 0.6) is 0 Å². The molecular formula is C19H26FNO4. The predicted octanol–water partition coefficient (Wildman–Crippen LogP) is 2.65. The van der Waals surface area contributed by atoms with E-state index in [1.165, 1.54) is 12.1 Å². The Kier molecular flexibility index (Phi) is 6.53. The van der Waals surface area contributed by atoms with Crippen LogP contribution in [0.15, 0.2) is 24.3 Å². The highest BCUT2D eigenvalue weighted by atomic mass is 19.1. The molecule has 1 saturated heterocycles. The monoisotopic (exact) mass is 351 g/mol. The summed E-state index contributed by atoms with van der Waals surface area (Å²) in [7, 11) is 0. The van der Waals surface area contributed by atoms with E-state index in [-0.39, 0.29) is 43.1 Å². The Morgan fingerprint density at radius 1 is 0.960 bits per heavy atom. The highest BCUT2D eigenvalue weighted by molar-refractivity contribution is 5.80. The van der Waals surface area contributed by atoms with Crippen LogP contribution in [-0.2, 0) is 19.1 Å². The highest BCUT2D eigenvalue weighted by Crippen LogP contribution is 2.41. The molecule has 5 atom stereocenters. The third-order valence-electron chi connectivity index (χ3n) is 4.75. The SMILES string of the molecule is CCOC(=O)[C@H]1C(c2ccc(F)cc2)[C@H](C(=O)OCC)[C@@H](C)N[C@H]1C. The fraction of sp³-hybridized carbons (Fsp3) is 0.579. The van der Waals surface area contributed by atoms with Crippen LogP contribution >= 0.6 is 0 Å². The van der Waals surface area contributed by atoms with E-state index in [1.54, 1.807) is 26.0 Å². The minimum atomic E-state index is -0.559. The van der Waals surface area contributed by atoms with Gasteiger partial charge < -0.3 is 14.8 Å². The Hall–Kier alpha value is -1.95. The lowest BCUT2D eigenvalue weighted by Crippen LogP contribution is -2.58. The molecule has 1 aromatic carbocycles. The van der Waals surface area contributed by atoms with Gasteiger partial charge in [0.2, 0.25) is 0 Å². The summed E-state index contributed by atoms with van der Waals surface area (Å²) in [6, 6.07) is 5.57. The van der Waals surface area contributed by atoms with E-state index < -0.39 is 17.8 Å². The summed E-state index contributed by atoms with van der Waals surface area (Å²) in [5.74, 6) is -2.65. The zero-order valence-electron chi connectivity index (χ0n) is 15.1. The Morgan fingerprint density at radius 3 is 1.80 bits per heavy atom. The number of hydrogen-bond donors (Lipinski definition) is 1. The molecule has 1 unspecified atom stereocenters. The molecule has 5 nitrogen and oxygen atoms in total. The lowest BCUT2D eigenvalue weighted by molar-refractivity contribution is -0.158. The van der Waals surface area contributed by atoms with E-state index >= 15 is 0 Å². The van der Waals surface area contributed by atoms with E-state index in [1.807, 2.05) is 13.8 Å². The minimum Gasteiger partial charge on any atom is -0.466 e. The summed E-state index contributed by atoms with van der Waals surface area (Å²) in [6.45, 7) is 7.82. The van der Waals surface area contributed by atoms with Crippen LogP contribution in [0.3, 0.4) is 0 Å². The number of esters is 2. The summed E-state index contributed by atoms with van der Waals surface area (Å²) < 4.78 is 23.9. The largest absolute Gasteiger partial charge is 0.466 e. The van der Waals surface area contributed by atoms with Crippen LogP contribution in [0, 0.1) is 17.7 Å². The van der Waals surface area contributed by atoms with Crippen molar-refractivity contribution in [1.29, 1.82) is 0 Å². The molecule has 6 heteroatoms. The second kappa shape index (κ2) is 8.43. The van der Waals surface area contributed by atoms with E-state index in [2.05, 4.69) is 5.32 Å². The van der Waals surface area contributed by atoms with Gasteiger partial charge in [-0.15, -0.1) is 0 Å². The Labute approximate surface area is 147 Å². The molecule has 0 radical (unpaired) electrons. The van der Waals surface area contributed by atoms with Crippen molar-refractivity contribution in [3.63, 3.8) is 0 Å². The Bertz CT molecular complexity index is 574. The van der Waals surface area contributed by atoms with Gasteiger partial charge in [0.1, 0.15) is 5.82 Å². The average Bonchev–Trinajstić information content (AvgIpc) is 2.55. The van der Waals surface area contributed by atoms with Gasteiger partial charge in [0.25, 0.3) is 0 Å². The molecule has 1 aliphatic heterocycles. The second-order valence-electron chi connectivity index (χ2n) is 6.38. The standard InChI is InChI=1S/C19H26FNO4/c1-5-24-18(22)15-11(3)21-12(4)16(19(23)25-6-2)17(15)13-7-9-14(20)10-8-13/h7-12,15-17,21H,5-6H2,1-4H3/t11-,12+,15-,16-,17?/m1/s1. The maximum Gasteiger partial charge on any atom is 0.311 e. The third-order valence-corrected chi connectivity index (χ3v) is 4.75. The number of carbonyl (C=O) groups is 2. The van der Waals surface area contributed by atoms with Crippen molar-refractivity contribution in [2.75, 3.05) is 13.2 Å². The molecule has 1 heterocycles. The summed E-state index contributed by atoms with van der Waals surface area (Å²) in [5, 5.41) is 3.29. The third kappa shape index (κ3) is 4.18. The molecule has 0 saturated carbocycles. The van der Waals surface area contributed by atoms with Crippen molar-refractivity contribution in [2.45, 2.75) is 45.7 Å². The summed E-state index contributed by atoms with van der Waals surface area (Å²) >= 11 is 0. The zero-order valence-corrected chi connectivity index (χ0v) is 15.1. The molecule has 1 aliphatic rings. The van der Waals surface area contributed by atoms with Crippen LogP contribution in [-0.4, -0.2) is 37.2 Å². The number of rotatable bonds is 5. The van der Waals surface area contributed by atoms with Gasteiger partial charge >= 0.3 is 11.9 Å². The molecule has 0 bridgehead atoms. The molecule has 1 N–H and O–H groups in total. The normalized spacial score (nSPS) is 29.1. The number of ether oxygens (including phenoxy) is 2. The van der Waals surface area contributed by atoms with Crippen molar-refractivity contribution in [2.24, 2.45) is 11.8 Å². The first-order chi connectivity index (χ1) is 11.9. The number of nitrogens with one attached hydrogen (secondary N) is 1. The van der Waals surface area contributed by atoms with Gasteiger partial charge in [0, 0.05) is 18.0 Å². The van der Waals surface area contributed by atoms with Crippen molar-refractivity contribution in [3.8, 4) is 0 Å². The smallest absolute Gasteiger partial charge is 0.311 e. The number of hydrogen-bond acceptors (Lipinski definition) is 5. The van der Waals surface area contributed by atoms with Gasteiger partial charge in [0.05, 0.1) is 25.0 Å². The molecule has 0 spiro atoms. The maximum absolute atomic E-state index is 13.4. The van der Waals surface area contributed by atoms with Gasteiger partial charge in [-0.25, -0.2) is 4.39 Å². The van der Waals surface area contributed by atoms with E-state index in [0.717, 1.165) is 5.56 Å². The number of halogens is 1. The average molecular weight is 351 g/mol. The summed E-state index contributed by atoms with van der Waals surface area (Å²) in [4.78, 5) is 25.2.